The zero-order valence-corrected chi connectivity index (χ0v) is 16.3. The molecule has 4 nitrogen and oxygen atoms in total. The Morgan fingerprint density at radius 1 is 1.29 bits per heavy atom. The molecule has 5 heteroatoms. The molecule has 0 unspecified atom stereocenters. The van der Waals surface area contributed by atoms with Crippen LogP contribution in [0.25, 0.3) is 0 Å². The van der Waals surface area contributed by atoms with E-state index in [1.807, 2.05) is 25.1 Å². The minimum atomic E-state index is -0.277. The number of rotatable bonds is 8. The summed E-state index contributed by atoms with van der Waals surface area (Å²) in [6.07, 6.45) is 3.43. The predicted octanol–water partition coefficient (Wildman–Crippen LogP) is 5.21. The van der Waals surface area contributed by atoms with Gasteiger partial charge in [0.2, 0.25) is 0 Å². The van der Waals surface area contributed by atoms with Crippen molar-refractivity contribution in [1.29, 1.82) is 0 Å². The molecule has 0 aliphatic carbocycles. The summed E-state index contributed by atoms with van der Waals surface area (Å²) in [5.41, 5.74) is 1.91. The molecule has 24 heavy (non-hydrogen) atoms. The summed E-state index contributed by atoms with van der Waals surface area (Å²) in [4.78, 5) is 11.8. The first-order chi connectivity index (χ1) is 11.4. The number of carbonyl (C=O) groups is 1. The van der Waals surface area contributed by atoms with Crippen LogP contribution in [0.1, 0.15) is 45.2 Å². The fraction of sp³-hybridized carbons (Fsp3) is 0.421. The van der Waals surface area contributed by atoms with Crippen molar-refractivity contribution in [1.82, 2.24) is 0 Å². The SMILES string of the molecule is CCOC(=O)Cc1ccc(CC)cc1OC(=C/C(Br)=C(\C)O)CC. The quantitative estimate of drug-likeness (QED) is 0.372. The molecule has 0 saturated carbocycles. The molecule has 1 aromatic rings. The van der Waals surface area contributed by atoms with Gasteiger partial charge in [0, 0.05) is 12.0 Å². The third-order valence-electron chi connectivity index (χ3n) is 3.40. The monoisotopic (exact) mass is 396 g/mol. The Bertz CT molecular complexity index is 628. The Balaban J connectivity index is 3.14. The number of carbonyl (C=O) groups excluding carboxylic acids is 1. The molecule has 0 spiro atoms. The Morgan fingerprint density at radius 3 is 2.54 bits per heavy atom. The lowest BCUT2D eigenvalue weighted by Gasteiger charge is -2.14. The molecule has 1 N–H and O–H groups in total. The highest BCUT2D eigenvalue weighted by atomic mass is 79.9. The number of aliphatic hydroxyl groups is 1. The van der Waals surface area contributed by atoms with Crippen LogP contribution in [0.4, 0.5) is 0 Å². The van der Waals surface area contributed by atoms with Crippen LogP contribution in [0.15, 0.2) is 40.3 Å². The molecule has 132 valence electrons. The van der Waals surface area contributed by atoms with Gasteiger partial charge >= 0.3 is 5.97 Å². The number of aryl methyl sites for hydroxylation is 1. The lowest BCUT2D eigenvalue weighted by Crippen LogP contribution is -2.09. The number of allylic oxidation sites excluding steroid dienone is 4. The smallest absolute Gasteiger partial charge is 0.310 e. The maximum atomic E-state index is 11.8. The molecule has 1 rings (SSSR count). The molecule has 0 atom stereocenters. The summed E-state index contributed by atoms with van der Waals surface area (Å²) in [6, 6.07) is 5.84. The Labute approximate surface area is 152 Å². The van der Waals surface area contributed by atoms with E-state index in [1.165, 1.54) is 0 Å². The third-order valence-corrected chi connectivity index (χ3v) is 4.21. The molecule has 0 radical (unpaired) electrons. The Kier molecular flexibility index (Phi) is 8.61. The average Bonchev–Trinajstić information content (AvgIpc) is 2.55. The van der Waals surface area contributed by atoms with Crippen LogP contribution < -0.4 is 4.74 Å². The van der Waals surface area contributed by atoms with Gasteiger partial charge in [0.15, 0.2) is 0 Å². The van der Waals surface area contributed by atoms with E-state index in [2.05, 4.69) is 22.9 Å². The first kappa shape index (κ1) is 20.3. The van der Waals surface area contributed by atoms with E-state index in [1.54, 1.807) is 19.9 Å². The maximum Gasteiger partial charge on any atom is 0.310 e. The summed E-state index contributed by atoms with van der Waals surface area (Å²) >= 11 is 3.30. The van der Waals surface area contributed by atoms with Crippen molar-refractivity contribution in [3.63, 3.8) is 0 Å². The molecule has 1 aromatic carbocycles. The van der Waals surface area contributed by atoms with Crippen molar-refractivity contribution < 1.29 is 19.4 Å². The van der Waals surface area contributed by atoms with Gasteiger partial charge in [-0.25, -0.2) is 0 Å². The van der Waals surface area contributed by atoms with E-state index < -0.39 is 0 Å². The van der Waals surface area contributed by atoms with Crippen molar-refractivity contribution in [2.24, 2.45) is 0 Å². The summed E-state index contributed by atoms with van der Waals surface area (Å²) in [6.45, 7) is 7.77. The lowest BCUT2D eigenvalue weighted by molar-refractivity contribution is -0.142. The van der Waals surface area contributed by atoms with Gasteiger partial charge in [-0.3, -0.25) is 4.79 Å². The highest BCUT2D eigenvalue weighted by Gasteiger charge is 2.12. The van der Waals surface area contributed by atoms with Gasteiger partial charge in [-0.2, -0.15) is 0 Å². The zero-order chi connectivity index (χ0) is 18.1. The largest absolute Gasteiger partial charge is 0.511 e. The van der Waals surface area contributed by atoms with Crippen LogP contribution in [0, 0.1) is 0 Å². The van der Waals surface area contributed by atoms with Crippen molar-refractivity contribution >= 4 is 21.9 Å². The summed E-state index contributed by atoms with van der Waals surface area (Å²) in [7, 11) is 0. The number of benzene rings is 1. The minimum Gasteiger partial charge on any atom is -0.511 e. The molecule has 0 aliphatic rings. The second-order valence-corrected chi connectivity index (χ2v) is 6.13. The fourth-order valence-electron chi connectivity index (χ4n) is 2.02. The number of esters is 1. The number of aliphatic hydroxyl groups excluding tert-OH is 1. The predicted molar refractivity (Wildman–Crippen MR) is 99.4 cm³/mol. The van der Waals surface area contributed by atoms with Crippen molar-refractivity contribution in [3.05, 3.63) is 51.4 Å². The summed E-state index contributed by atoms with van der Waals surface area (Å²) in [5, 5.41) is 9.52. The first-order valence-electron chi connectivity index (χ1n) is 8.12. The molecule has 0 saturated heterocycles. The highest BCUT2D eigenvalue weighted by Crippen LogP contribution is 2.26. The molecule has 0 bridgehead atoms. The van der Waals surface area contributed by atoms with E-state index in [0.717, 1.165) is 17.5 Å². The van der Waals surface area contributed by atoms with Crippen LogP contribution >= 0.6 is 15.9 Å². The average molecular weight is 397 g/mol. The molecule has 0 aliphatic heterocycles. The summed E-state index contributed by atoms with van der Waals surface area (Å²) < 4.78 is 11.6. The van der Waals surface area contributed by atoms with E-state index in [0.29, 0.717) is 29.0 Å². The minimum absolute atomic E-state index is 0.167. The van der Waals surface area contributed by atoms with Crippen LogP contribution in [-0.4, -0.2) is 17.7 Å². The van der Waals surface area contributed by atoms with Crippen molar-refractivity contribution in [2.75, 3.05) is 6.61 Å². The van der Waals surface area contributed by atoms with Crippen LogP contribution in [0.2, 0.25) is 0 Å². The van der Waals surface area contributed by atoms with Crippen molar-refractivity contribution in [2.45, 2.75) is 47.0 Å². The van der Waals surface area contributed by atoms with Crippen molar-refractivity contribution in [3.8, 4) is 5.75 Å². The lowest BCUT2D eigenvalue weighted by atomic mass is 10.1. The van der Waals surface area contributed by atoms with E-state index in [4.69, 9.17) is 9.47 Å². The molecule has 0 amide bonds. The molecule has 0 heterocycles. The van der Waals surface area contributed by atoms with Gasteiger partial charge in [-0.1, -0.05) is 26.0 Å². The fourth-order valence-corrected chi connectivity index (χ4v) is 2.27. The second kappa shape index (κ2) is 10.2. The number of hydrogen-bond acceptors (Lipinski definition) is 4. The molecule has 0 aromatic heterocycles. The molecule has 0 fully saturated rings. The van der Waals surface area contributed by atoms with Crippen LogP contribution in [-0.2, 0) is 22.4 Å². The van der Waals surface area contributed by atoms with Gasteiger partial charge in [0.1, 0.15) is 17.3 Å². The van der Waals surface area contributed by atoms with Crippen LogP contribution in [0.5, 0.6) is 5.75 Å². The Morgan fingerprint density at radius 2 is 2.00 bits per heavy atom. The summed E-state index contributed by atoms with van der Waals surface area (Å²) in [5.74, 6) is 1.24. The van der Waals surface area contributed by atoms with Crippen LogP contribution in [0.3, 0.4) is 0 Å². The van der Waals surface area contributed by atoms with E-state index in [-0.39, 0.29) is 18.1 Å². The second-order valence-electron chi connectivity index (χ2n) is 5.28. The molecular weight excluding hydrogens is 372 g/mol. The van der Waals surface area contributed by atoms with E-state index in [9.17, 15) is 9.90 Å². The topological polar surface area (TPSA) is 55.8 Å². The third kappa shape index (κ3) is 6.40. The van der Waals surface area contributed by atoms with Gasteiger partial charge < -0.3 is 14.6 Å². The maximum absolute atomic E-state index is 11.8. The zero-order valence-electron chi connectivity index (χ0n) is 14.7. The number of hydrogen-bond donors (Lipinski definition) is 1. The van der Waals surface area contributed by atoms with Gasteiger partial charge in [0.25, 0.3) is 0 Å². The number of halogens is 1. The highest BCUT2D eigenvalue weighted by molar-refractivity contribution is 9.11. The number of ether oxygens (including phenoxy) is 2. The molecular formula is C19H25BrO4. The van der Waals surface area contributed by atoms with Gasteiger partial charge in [-0.15, -0.1) is 0 Å². The first-order valence-corrected chi connectivity index (χ1v) is 8.91. The Hall–Kier alpha value is -1.75. The van der Waals surface area contributed by atoms with Gasteiger partial charge in [0.05, 0.1) is 17.5 Å². The normalized spacial score (nSPS) is 12.6. The van der Waals surface area contributed by atoms with E-state index >= 15 is 0 Å². The van der Waals surface area contributed by atoms with Gasteiger partial charge in [-0.05, 0) is 53.9 Å². The standard InChI is InChI=1S/C19H25BrO4/c1-5-14-8-9-15(11-19(22)23-7-3)18(10-14)24-16(6-2)12-17(20)13(4)21/h8-10,12,21H,5-7,11H2,1-4H3/b16-12?,17-13-.